The summed E-state index contributed by atoms with van der Waals surface area (Å²) < 4.78 is 11.7. The second-order valence-corrected chi connectivity index (χ2v) is 7.09. The minimum atomic E-state index is -0.154. The summed E-state index contributed by atoms with van der Waals surface area (Å²) in [5.41, 5.74) is 1.00. The molecule has 2 atom stereocenters. The molecule has 21 heavy (non-hydrogen) atoms. The molecule has 2 unspecified atom stereocenters. The Bertz CT molecular complexity index is 482. The fraction of sp³-hybridized carbons (Fsp3) is 0.667. The third-order valence-corrected chi connectivity index (χ3v) is 4.40. The lowest BCUT2D eigenvalue weighted by atomic mass is 9.92. The first-order chi connectivity index (χ1) is 9.79. The van der Waals surface area contributed by atoms with Crippen LogP contribution in [-0.2, 0) is 4.74 Å². The molecule has 3 nitrogen and oxygen atoms in total. The van der Waals surface area contributed by atoms with Crippen LogP contribution in [0.5, 0.6) is 5.75 Å². The van der Waals surface area contributed by atoms with Crippen LogP contribution in [-0.4, -0.2) is 24.4 Å². The minimum absolute atomic E-state index is 0.0692. The van der Waals surface area contributed by atoms with Crippen LogP contribution >= 0.6 is 0 Å². The number of benzene rings is 1. The van der Waals surface area contributed by atoms with Crippen molar-refractivity contribution < 1.29 is 9.47 Å². The molecule has 1 fully saturated rings. The molecule has 0 bridgehead atoms. The van der Waals surface area contributed by atoms with Gasteiger partial charge in [-0.3, -0.25) is 0 Å². The maximum atomic E-state index is 6.19. The first-order valence-electron chi connectivity index (χ1n) is 7.88. The molecule has 1 heterocycles. The molecule has 0 aliphatic carbocycles. The van der Waals surface area contributed by atoms with Gasteiger partial charge in [0.1, 0.15) is 5.75 Å². The molecule has 1 N–H and O–H groups in total. The van der Waals surface area contributed by atoms with Crippen LogP contribution in [0.25, 0.3) is 0 Å². The monoisotopic (exact) mass is 291 g/mol. The Kier molecular flexibility index (Phi) is 4.64. The van der Waals surface area contributed by atoms with E-state index in [4.69, 9.17) is 9.47 Å². The van der Waals surface area contributed by atoms with E-state index in [-0.39, 0.29) is 17.2 Å². The van der Waals surface area contributed by atoms with Crippen molar-refractivity contribution in [3.8, 4) is 5.75 Å². The SMILES string of the molecule is CCC(NC1CC(C)(C)OC1(C)C)c1ccccc1OC. The predicted molar refractivity (Wildman–Crippen MR) is 86.8 cm³/mol. The van der Waals surface area contributed by atoms with Gasteiger partial charge in [-0.25, -0.2) is 0 Å². The van der Waals surface area contributed by atoms with Crippen molar-refractivity contribution in [3.05, 3.63) is 29.8 Å². The summed E-state index contributed by atoms with van der Waals surface area (Å²) >= 11 is 0. The second kappa shape index (κ2) is 5.98. The number of ether oxygens (including phenoxy) is 2. The lowest BCUT2D eigenvalue weighted by molar-refractivity contribution is -0.0705. The lowest BCUT2D eigenvalue weighted by Crippen LogP contribution is -2.44. The van der Waals surface area contributed by atoms with Gasteiger partial charge < -0.3 is 14.8 Å². The molecule has 1 aromatic carbocycles. The van der Waals surface area contributed by atoms with Crippen molar-refractivity contribution in [1.82, 2.24) is 5.32 Å². The van der Waals surface area contributed by atoms with Gasteiger partial charge in [-0.1, -0.05) is 25.1 Å². The third-order valence-electron chi connectivity index (χ3n) is 4.40. The first-order valence-corrected chi connectivity index (χ1v) is 7.88. The summed E-state index contributed by atoms with van der Waals surface area (Å²) in [7, 11) is 1.73. The van der Waals surface area contributed by atoms with Gasteiger partial charge in [0.2, 0.25) is 0 Å². The van der Waals surface area contributed by atoms with E-state index in [1.807, 2.05) is 12.1 Å². The number of rotatable bonds is 5. The maximum absolute atomic E-state index is 6.19. The molecular formula is C18H29NO2. The highest BCUT2D eigenvalue weighted by atomic mass is 16.5. The number of hydrogen-bond acceptors (Lipinski definition) is 3. The summed E-state index contributed by atoms with van der Waals surface area (Å²) in [5.74, 6) is 0.952. The van der Waals surface area contributed by atoms with E-state index >= 15 is 0 Å². The summed E-state index contributed by atoms with van der Waals surface area (Å²) in [5, 5.41) is 3.80. The quantitative estimate of drug-likeness (QED) is 0.886. The molecule has 1 aromatic rings. The highest BCUT2D eigenvalue weighted by Gasteiger charge is 2.46. The van der Waals surface area contributed by atoms with Gasteiger partial charge in [0.05, 0.1) is 18.3 Å². The molecule has 118 valence electrons. The number of hydrogen-bond donors (Lipinski definition) is 1. The van der Waals surface area contributed by atoms with Crippen LogP contribution in [0.3, 0.4) is 0 Å². The topological polar surface area (TPSA) is 30.5 Å². The molecule has 0 aromatic heterocycles. The highest BCUT2D eigenvalue weighted by Crippen LogP contribution is 2.39. The van der Waals surface area contributed by atoms with Gasteiger partial charge in [0.25, 0.3) is 0 Å². The Balaban J connectivity index is 2.20. The van der Waals surface area contributed by atoms with E-state index in [0.717, 1.165) is 18.6 Å². The third kappa shape index (κ3) is 3.58. The zero-order valence-electron chi connectivity index (χ0n) is 14.2. The molecule has 1 aliphatic heterocycles. The Morgan fingerprint density at radius 2 is 1.95 bits per heavy atom. The van der Waals surface area contributed by atoms with E-state index < -0.39 is 0 Å². The van der Waals surface area contributed by atoms with Crippen molar-refractivity contribution in [2.45, 2.75) is 70.7 Å². The summed E-state index contributed by atoms with van der Waals surface area (Å²) in [6.45, 7) is 10.9. The fourth-order valence-electron chi connectivity index (χ4n) is 3.45. The van der Waals surface area contributed by atoms with Crippen molar-refractivity contribution in [2.75, 3.05) is 7.11 Å². The van der Waals surface area contributed by atoms with Crippen molar-refractivity contribution >= 4 is 0 Å². The highest BCUT2D eigenvalue weighted by molar-refractivity contribution is 5.36. The van der Waals surface area contributed by atoms with Crippen LogP contribution in [0, 0.1) is 0 Å². The van der Waals surface area contributed by atoms with Gasteiger partial charge in [-0.05, 0) is 46.6 Å². The number of nitrogens with one attached hydrogen (secondary N) is 1. The maximum Gasteiger partial charge on any atom is 0.123 e. The molecule has 1 aliphatic rings. The molecule has 0 spiro atoms. The van der Waals surface area contributed by atoms with Gasteiger partial charge >= 0.3 is 0 Å². The van der Waals surface area contributed by atoms with E-state index in [9.17, 15) is 0 Å². The number of methoxy groups -OCH3 is 1. The molecule has 0 saturated carbocycles. The van der Waals surface area contributed by atoms with Crippen LogP contribution in [0.2, 0.25) is 0 Å². The van der Waals surface area contributed by atoms with Crippen LogP contribution < -0.4 is 10.1 Å². The minimum Gasteiger partial charge on any atom is -0.496 e. The van der Waals surface area contributed by atoms with Crippen LogP contribution in [0.4, 0.5) is 0 Å². The Hall–Kier alpha value is -1.06. The standard InChI is InChI=1S/C18H29NO2/c1-7-14(13-10-8-9-11-15(13)20-6)19-16-12-17(2,3)21-18(16,4)5/h8-11,14,16,19H,7,12H2,1-6H3. The lowest BCUT2D eigenvalue weighted by Gasteiger charge is -2.31. The van der Waals surface area contributed by atoms with Crippen molar-refractivity contribution in [3.63, 3.8) is 0 Å². The van der Waals surface area contributed by atoms with Crippen molar-refractivity contribution in [1.29, 1.82) is 0 Å². The van der Waals surface area contributed by atoms with E-state index in [2.05, 4.69) is 52.1 Å². The molecular weight excluding hydrogens is 262 g/mol. The van der Waals surface area contributed by atoms with E-state index in [1.54, 1.807) is 7.11 Å². The van der Waals surface area contributed by atoms with Crippen molar-refractivity contribution in [2.24, 2.45) is 0 Å². The van der Waals surface area contributed by atoms with E-state index in [1.165, 1.54) is 5.56 Å². The van der Waals surface area contributed by atoms with Crippen LogP contribution in [0.15, 0.2) is 24.3 Å². The first kappa shape index (κ1) is 16.3. The largest absolute Gasteiger partial charge is 0.496 e. The van der Waals surface area contributed by atoms with Gasteiger partial charge in [0, 0.05) is 17.6 Å². The molecule has 0 radical (unpaired) electrons. The van der Waals surface area contributed by atoms with Gasteiger partial charge in [0.15, 0.2) is 0 Å². The smallest absolute Gasteiger partial charge is 0.123 e. The Morgan fingerprint density at radius 1 is 1.29 bits per heavy atom. The Morgan fingerprint density at radius 3 is 2.48 bits per heavy atom. The Labute approximate surface area is 129 Å². The zero-order valence-corrected chi connectivity index (χ0v) is 14.2. The number of para-hydroxylation sites is 1. The summed E-state index contributed by atoms with van der Waals surface area (Å²) in [6.07, 6.45) is 2.04. The van der Waals surface area contributed by atoms with E-state index in [0.29, 0.717) is 6.04 Å². The molecule has 2 rings (SSSR count). The van der Waals surface area contributed by atoms with Crippen LogP contribution in [0.1, 0.15) is 59.1 Å². The second-order valence-electron chi connectivity index (χ2n) is 7.09. The fourth-order valence-corrected chi connectivity index (χ4v) is 3.45. The zero-order chi connectivity index (χ0) is 15.7. The summed E-state index contributed by atoms with van der Waals surface area (Å²) in [4.78, 5) is 0. The normalized spacial score (nSPS) is 24.8. The predicted octanol–water partition coefficient (Wildman–Crippen LogP) is 4.08. The average molecular weight is 291 g/mol. The molecule has 3 heteroatoms. The van der Waals surface area contributed by atoms with Gasteiger partial charge in [-0.2, -0.15) is 0 Å². The summed E-state index contributed by atoms with van der Waals surface area (Å²) in [6, 6.07) is 8.88. The van der Waals surface area contributed by atoms with Gasteiger partial charge in [-0.15, -0.1) is 0 Å². The molecule has 1 saturated heterocycles. The molecule has 0 amide bonds. The average Bonchev–Trinajstić information content (AvgIpc) is 2.63.